The van der Waals surface area contributed by atoms with Crippen molar-refractivity contribution in [3.63, 3.8) is 0 Å². The van der Waals surface area contributed by atoms with Crippen LogP contribution in [0.1, 0.15) is 11.1 Å². The number of hydrogen-bond donors (Lipinski definition) is 0. The van der Waals surface area contributed by atoms with Crippen LogP contribution >= 0.6 is 0 Å². The molecule has 2 aromatic carbocycles. The van der Waals surface area contributed by atoms with Crippen molar-refractivity contribution in [3.05, 3.63) is 53.6 Å². The first-order valence-electron chi connectivity index (χ1n) is 7.99. The van der Waals surface area contributed by atoms with Crippen molar-refractivity contribution in [2.45, 2.75) is 6.42 Å². The molecule has 1 aliphatic rings. The van der Waals surface area contributed by atoms with Gasteiger partial charge in [0.15, 0.2) is 18.1 Å². The summed E-state index contributed by atoms with van der Waals surface area (Å²) in [5.74, 6) is 1.06. The number of amides is 1. The molecule has 0 saturated heterocycles. The predicted octanol–water partition coefficient (Wildman–Crippen LogP) is 2.64. The summed E-state index contributed by atoms with van der Waals surface area (Å²) in [4.78, 5) is 19.2. The number of fused-ring (bicyclic) bond motifs is 1. The van der Waals surface area contributed by atoms with Gasteiger partial charge in [0.05, 0.1) is 20.4 Å². The lowest BCUT2D eigenvalue weighted by atomic mass is 10.2. The summed E-state index contributed by atoms with van der Waals surface area (Å²) >= 11 is 0. The summed E-state index contributed by atoms with van der Waals surface area (Å²) < 4.78 is 10.6. The van der Waals surface area contributed by atoms with Gasteiger partial charge >= 0.3 is 0 Å². The molecule has 2 aromatic rings. The van der Waals surface area contributed by atoms with Crippen molar-refractivity contribution >= 4 is 17.8 Å². The molecule has 0 N–H and O–H groups in total. The summed E-state index contributed by atoms with van der Waals surface area (Å²) in [5, 5.41) is 3.88. The number of anilines is 1. The molecule has 0 saturated carbocycles. The van der Waals surface area contributed by atoms with Crippen LogP contribution in [0, 0.1) is 0 Å². The Morgan fingerprint density at radius 3 is 2.80 bits per heavy atom. The number of rotatable bonds is 6. The van der Waals surface area contributed by atoms with E-state index in [0.29, 0.717) is 23.6 Å². The van der Waals surface area contributed by atoms with E-state index in [1.807, 2.05) is 36.4 Å². The second kappa shape index (κ2) is 7.70. The number of nitrogens with zero attached hydrogens (tertiary/aromatic N) is 2. The minimum Gasteiger partial charge on any atom is -0.493 e. The van der Waals surface area contributed by atoms with Gasteiger partial charge in [0, 0.05) is 17.8 Å². The summed E-state index contributed by atoms with van der Waals surface area (Å²) in [6.45, 7) is 0.562. The monoisotopic (exact) mass is 340 g/mol. The average molecular weight is 340 g/mol. The lowest BCUT2D eigenvalue weighted by Crippen LogP contribution is -2.31. The smallest absolute Gasteiger partial charge is 0.267 e. The third-order valence-electron chi connectivity index (χ3n) is 4.08. The Balaban J connectivity index is 1.60. The Labute approximate surface area is 146 Å². The van der Waals surface area contributed by atoms with Gasteiger partial charge in [-0.15, -0.1) is 0 Å². The molecule has 0 aliphatic carbocycles. The minimum absolute atomic E-state index is 0.111. The molecule has 3 rings (SSSR count). The van der Waals surface area contributed by atoms with Crippen molar-refractivity contribution in [2.24, 2.45) is 5.16 Å². The van der Waals surface area contributed by atoms with Crippen LogP contribution in [0.4, 0.5) is 5.69 Å². The minimum atomic E-state index is -0.114. The fraction of sp³-hybridized carbons (Fsp3) is 0.263. The largest absolute Gasteiger partial charge is 0.493 e. The molecule has 0 radical (unpaired) electrons. The molecular weight excluding hydrogens is 320 g/mol. The third-order valence-corrected chi connectivity index (χ3v) is 4.08. The van der Waals surface area contributed by atoms with Crippen LogP contribution in [0.2, 0.25) is 0 Å². The normalized spacial score (nSPS) is 13.0. The van der Waals surface area contributed by atoms with Crippen molar-refractivity contribution < 1.29 is 19.1 Å². The number of carbonyl (C=O) groups is 1. The van der Waals surface area contributed by atoms with Gasteiger partial charge in [-0.05, 0) is 30.2 Å². The van der Waals surface area contributed by atoms with Gasteiger partial charge < -0.3 is 19.2 Å². The van der Waals surface area contributed by atoms with Crippen LogP contribution in [0.3, 0.4) is 0 Å². The standard InChI is InChI=1S/C19H20N2O4/c1-23-17-9-5-7-15(19(17)24-2)12-20-25-13-18(22)21-11-10-14-6-3-4-8-16(14)21/h3-9,12H,10-11,13H2,1-2H3/b20-12-. The first-order valence-corrected chi connectivity index (χ1v) is 7.99. The van der Waals surface area contributed by atoms with E-state index < -0.39 is 0 Å². The van der Waals surface area contributed by atoms with E-state index in [2.05, 4.69) is 5.16 Å². The first kappa shape index (κ1) is 16.8. The van der Waals surface area contributed by atoms with Gasteiger partial charge in [-0.1, -0.05) is 29.4 Å². The molecule has 25 heavy (non-hydrogen) atoms. The molecule has 0 atom stereocenters. The maximum absolute atomic E-state index is 12.3. The highest BCUT2D eigenvalue weighted by Gasteiger charge is 2.24. The molecule has 0 aromatic heterocycles. The molecule has 1 amide bonds. The second-order valence-electron chi connectivity index (χ2n) is 5.51. The third kappa shape index (κ3) is 3.57. The van der Waals surface area contributed by atoms with E-state index in [9.17, 15) is 4.79 Å². The van der Waals surface area contributed by atoms with E-state index >= 15 is 0 Å². The van der Waals surface area contributed by atoms with Gasteiger partial charge in [0.25, 0.3) is 5.91 Å². The van der Waals surface area contributed by atoms with Crippen molar-refractivity contribution in [1.82, 2.24) is 0 Å². The van der Waals surface area contributed by atoms with E-state index in [1.54, 1.807) is 25.2 Å². The van der Waals surface area contributed by atoms with E-state index in [0.717, 1.165) is 12.1 Å². The lowest BCUT2D eigenvalue weighted by molar-refractivity contribution is -0.122. The second-order valence-corrected chi connectivity index (χ2v) is 5.51. The van der Waals surface area contributed by atoms with Crippen LogP contribution in [0.15, 0.2) is 47.6 Å². The molecule has 0 unspecified atom stereocenters. The highest BCUT2D eigenvalue weighted by atomic mass is 16.6. The number of methoxy groups -OCH3 is 2. The Morgan fingerprint density at radius 2 is 2.00 bits per heavy atom. The van der Waals surface area contributed by atoms with E-state index in [1.165, 1.54) is 11.8 Å². The zero-order chi connectivity index (χ0) is 17.6. The van der Waals surface area contributed by atoms with Crippen molar-refractivity contribution in [3.8, 4) is 11.5 Å². The molecule has 6 heteroatoms. The zero-order valence-corrected chi connectivity index (χ0v) is 14.3. The van der Waals surface area contributed by atoms with Gasteiger partial charge in [-0.2, -0.15) is 0 Å². The molecular formula is C19H20N2O4. The number of carbonyl (C=O) groups excluding carboxylic acids is 1. The molecule has 0 spiro atoms. The van der Waals surface area contributed by atoms with Crippen molar-refractivity contribution in [1.29, 1.82) is 0 Å². The van der Waals surface area contributed by atoms with E-state index in [4.69, 9.17) is 14.3 Å². The molecule has 130 valence electrons. The Kier molecular flexibility index (Phi) is 5.18. The van der Waals surface area contributed by atoms with Crippen LogP contribution in [-0.2, 0) is 16.1 Å². The Morgan fingerprint density at radius 1 is 1.16 bits per heavy atom. The van der Waals surface area contributed by atoms with Gasteiger partial charge in [-0.25, -0.2) is 0 Å². The highest BCUT2D eigenvalue weighted by Crippen LogP contribution is 2.29. The van der Waals surface area contributed by atoms with Crippen LogP contribution in [-0.4, -0.2) is 39.5 Å². The van der Waals surface area contributed by atoms with Crippen molar-refractivity contribution in [2.75, 3.05) is 32.3 Å². The quantitative estimate of drug-likeness (QED) is 0.599. The molecule has 6 nitrogen and oxygen atoms in total. The average Bonchev–Trinajstić information content (AvgIpc) is 3.08. The number of benzene rings is 2. The number of ether oxygens (including phenoxy) is 2. The highest BCUT2D eigenvalue weighted by molar-refractivity contribution is 5.96. The number of hydrogen-bond acceptors (Lipinski definition) is 5. The lowest BCUT2D eigenvalue weighted by Gasteiger charge is -2.16. The summed E-state index contributed by atoms with van der Waals surface area (Å²) in [6.07, 6.45) is 2.37. The maximum Gasteiger partial charge on any atom is 0.267 e. The number of oxime groups is 1. The van der Waals surface area contributed by atoms with Gasteiger partial charge in [-0.3, -0.25) is 4.79 Å². The van der Waals surface area contributed by atoms with Gasteiger partial charge in [0.2, 0.25) is 0 Å². The predicted molar refractivity (Wildman–Crippen MR) is 95.6 cm³/mol. The molecule has 0 fully saturated rings. The SMILES string of the molecule is COc1cccc(/C=N\OCC(=O)N2CCc3ccccc32)c1OC. The maximum atomic E-state index is 12.3. The summed E-state index contributed by atoms with van der Waals surface area (Å²) in [7, 11) is 3.13. The van der Waals surface area contributed by atoms with Crippen LogP contribution in [0.5, 0.6) is 11.5 Å². The first-order chi connectivity index (χ1) is 12.2. The Bertz CT molecular complexity index is 789. The summed E-state index contributed by atoms with van der Waals surface area (Å²) in [5.41, 5.74) is 2.84. The van der Waals surface area contributed by atoms with Crippen LogP contribution < -0.4 is 14.4 Å². The summed E-state index contributed by atoms with van der Waals surface area (Å²) in [6, 6.07) is 13.3. The number of para-hydroxylation sites is 2. The van der Waals surface area contributed by atoms with Crippen LogP contribution in [0.25, 0.3) is 0 Å². The van der Waals surface area contributed by atoms with Gasteiger partial charge in [0.1, 0.15) is 0 Å². The molecule has 1 heterocycles. The fourth-order valence-electron chi connectivity index (χ4n) is 2.88. The van der Waals surface area contributed by atoms with E-state index in [-0.39, 0.29) is 12.5 Å². The molecule has 1 aliphatic heterocycles. The fourth-order valence-corrected chi connectivity index (χ4v) is 2.88. The Hall–Kier alpha value is -3.02. The zero-order valence-electron chi connectivity index (χ0n) is 14.3. The topological polar surface area (TPSA) is 60.4 Å². The molecule has 0 bridgehead atoms.